The van der Waals surface area contributed by atoms with Crippen LogP contribution in [0.3, 0.4) is 0 Å². The Bertz CT molecular complexity index is 718. The van der Waals surface area contributed by atoms with Crippen LogP contribution in [0.15, 0.2) is 54.9 Å². The van der Waals surface area contributed by atoms with E-state index >= 15 is 0 Å². The van der Waals surface area contributed by atoms with Crippen molar-refractivity contribution in [2.24, 2.45) is 0 Å². The van der Waals surface area contributed by atoms with E-state index in [9.17, 15) is 4.79 Å². The van der Waals surface area contributed by atoms with E-state index in [2.05, 4.69) is 47.3 Å². The number of amides is 1. The lowest BCUT2D eigenvalue weighted by Crippen LogP contribution is -2.56. The Morgan fingerprint density at radius 1 is 1.08 bits per heavy atom. The molecule has 1 aromatic carbocycles. The molecular weight excluding hydrogens is 298 g/mol. The van der Waals surface area contributed by atoms with Crippen LogP contribution in [-0.4, -0.2) is 53.4 Å². The summed E-state index contributed by atoms with van der Waals surface area (Å²) in [7, 11) is 2.19. The zero-order chi connectivity index (χ0) is 16.6. The van der Waals surface area contributed by atoms with Crippen LogP contribution >= 0.6 is 0 Å². The van der Waals surface area contributed by atoms with Crippen molar-refractivity contribution in [1.82, 2.24) is 14.8 Å². The van der Waals surface area contributed by atoms with Crippen molar-refractivity contribution >= 4 is 5.91 Å². The molecule has 0 aliphatic carbocycles. The summed E-state index contributed by atoms with van der Waals surface area (Å²) in [6.07, 6.45) is 5.58. The molecule has 2 fully saturated rings. The summed E-state index contributed by atoms with van der Waals surface area (Å²) in [6, 6.07) is 14.9. The fourth-order valence-electron chi connectivity index (χ4n) is 4.47. The van der Waals surface area contributed by atoms with Crippen LogP contribution in [0, 0.1) is 0 Å². The molecule has 0 saturated carbocycles. The topological polar surface area (TPSA) is 36.4 Å². The first-order chi connectivity index (χ1) is 11.7. The summed E-state index contributed by atoms with van der Waals surface area (Å²) in [5, 5.41) is 0. The molecule has 24 heavy (non-hydrogen) atoms. The largest absolute Gasteiger partial charge is 0.337 e. The van der Waals surface area contributed by atoms with E-state index < -0.39 is 0 Å². The summed E-state index contributed by atoms with van der Waals surface area (Å²) >= 11 is 0. The van der Waals surface area contributed by atoms with E-state index in [1.807, 2.05) is 4.90 Å². The Balaban J connectivity index is 1.61. The molecule has 2 aliphatic rings. The number of piperidine rings is 1. The van der Waals surface area contributed by atoms with Gasteiger partial charge in [0, 0.05) is 42.5 Å². The van der Waals surface area contributed by atoms with Gasteiger partial charge in [0.25, 0.3) is 5.91 Å². The Hall–Kier alpha value is -2.20. The fourth-order valence-corrected chi connectivity index (χ4v) is 4.47. The predicted octanol–water partition coefficient (Wildman–Crippen LogP) is 2.57. The third-order valence-electron chi connectivity index (χ3n) is 5.86. The van der Waals surface area contributed by atoms with Crippen molar-refractivity contribution in [3.05, 3.63) is 66.0 Å². The number of nitrogens with zero attached hydrogens (tertiary/aromatic N) is 3. The number of hydrogen-bond acceptors (Lipinski definition) is 3. The Labute approximate surface area is 143 Å². The first-order valence-corrected chi connectivity index (χ1v) is 8.66. The Morgan fingerprint density at radius 3 is 2.54 bits per heavy atom. The van der Waals surface area contributed by atoms with Gasteiger partial charge in [0.05, 0.1) is 0 Å². The number of hydrogen-bond donors (Lipinski definition) is 0. The van der Waals surface area contributed by atoms with Crippen LogP contribution < -0.4 is 0 Å². The lowest BCUT2D eigenvalue weighted by atomic mass is 9.69. The second-order valence-electron chi connectivity index (χ2n) is 7.01. The molecule has 3 heterocycles. The molecule has 0 bridgehead atoms. The van der Waals surface area contributed by atoms with E-state index in [4.69, 9.17) is 0 Å². The highest BCUT2D eigenvalue weighted by atomic mass is 16.2. The summed E-state index contributed by atoms with van der Waals surface area (Å²) in [5.41, 5.74) is 2.35. The molecule has 2 saturated heterocycles. The number of fused-ring (bicyclic) bond motifs is 1. The summed E-state index contributed by atoms with van der Waals surface area (Å²) in [6.45, 7) is 2.71. The second-order valence-corrected chi connectivity index (χ2v) is 7.01. The van der Waals surface area contributed by atoms with Crippen LogP contribution in [0.2, 0.25) is 0 Å². The lowest BCUT2D eigenvalue weighted by Gasteiger charge is -2.46. The van der Waals surface area contributed by atoms with Gasteiger partial charge in [-0.25, -0.2) is 0 Å². The summed E-state index contributed by atoms with van der Waals surface area (Å²) < 4.78 is 0. The van der Waals surface area contributed by atoms with Crippen molar-refractivity contribution in [2.75, 3.05) is 26.7 Å². The first kappa shape index (κ1) is 15.3. The van der Waals surface area contributed by atoms with Crippen LogP contribution in [0.4, 0.5) is 0 Å². The molecule has 2 unspecified atom stereocenters. The van der Waals surface area contributed by atoms with Crippen LogP contribution in [0.25, 0.3) is 0 Å². The number of pyridine rings is 1. The van der Waals surface area contributed by atoms with Crippen molar-refractivity contribution < 1.29 is 4.79 Å². The van der Waals surface area contributed by atoms with Gasteiger partial charge >= 0.3 is 0 Å². The van der Waals surface area contributed by atoms with Gasteiger partial charge in [-0.3, -0.25) is 9.78 Å². The van der Waals surface area contributed by atoms with E-state index in [1.54, 1.807) is 24.5 Å². The number of carbonyl (C=O) groups excluding carboxylic acids is 1. The average Bonchev–Trinajstić information content (AvgIpc) is 3.00. The number of aromatic nitrogens is 1. The molecule has 2 aliphatic heterocycles. The molecule has 4 heteroatoms. The molecule has 0 radical (unpaired) electrons. The molecule has 2 atom stereocenters. The van der Waals surface area contributed by atoms with Gasteiger partial charge in [0.2, 0.25) is 0 Å². The SMILES string of the molecule is CN1CCC2(c3ccccc3)CCN(C(=O)c3ccncc3)CC12. The standard InChI is InChI=1S/C20H23N3O/c1-22-13-9-20(17-5-3-2-4-6-17)10-14-23(15-18(20)22)19(24)16-7-11-21-12-8-16/h2-8,11-12,18H,9-10,13-15H2,1H3. The molecule has 0 N–H and O–H groups in total. The van der Waals surface area contributed by atoms with Crippen molar-refractivity contribution in [3.8, 4) is 0 Å². The Kier molecular flexibility index (Phi) is 3.85. The monoisotopic (exact) mass is 321 g/mol. The fraction of sp³-hybridized carbons (Fsp3) is 0.400. The molecule has 4 rings (SSSR count). The maximum atomic E-state index is 12.8. The van der Waals surface area contributed by atoms with Gasteiger partial charge in [-0.15, -0.1) is 0 Å². The van der Waals surface area contributed by atoms with Crippen molar-refractivity contribution in [3.63, 3.8) is 0 Å². The number of rotatable bonds is 2. The Morgan fingerprint density at radius 2 is 1.79 bits per heavy atom. The maximum Gasteiger partial charge on any atom is 0.254 e. The lowest BCUT2D eigenvalue weighted by molar-refractivity contribution is 0.0553. The molecule has 124 valence electrons. The first-order valence-electron chi connectivity index (χ1n) is 8.66. The summed E-state index contributed by atoms with van der Waals surface area (Å²) in [4.78, 5) is 21.3. The molecule has 1 amide bonds. The normalized spacial score (nSPS) is 27.0. The number of likely N-dealkylation sites (tertiary alicyclic amines) is 2. The highest BCUT2D eigenvalue weighted by molar-refractivity contribution is 5.94. The molecule has 1 aromatic heterocycles. The van der Waals surface area contributed by atoms with E-state index in [0.29, 0.717) is 6.04 Å². The number of likely N-dealkylation sites (N-methyl/N-ethyl adjacent to an activating group) is 1. The van der Waals surface area contributed by atoms with Crippen molar-refractivity contribution in [1.29, 1.82) is 0 Å². The van der Waals surface area contributed by atoms with Gasteiger partial charge in [-0.05, 0) is 44.1 Å². The minimum absolute atomic E-state index is 0.124. The van der Waals surface area contributed by atoms with Crippen LogP contribution in [0.5, 0.6) is 0 Å². The van der Waals surface area contributed by atoms with Gasteiger partial charge in [-0.2, -0.15) is 0 Å². The minimum atomic E-state index is 0.124. The third kappa shape index (κ3) is 2.42. The molecule has 4 nitrogen and oxygen atoms in total. The van der Waals surface area contributed by atoms with Gasteiger partial charge in [0.15, 0.2) is 0 Å². The predicted molar refractivity (Wildman–Crippen MR) is 93.9 cm³/mol. The average molecular weight is 321 g/mol. The molecule has 0 spiro atoms. The highest BCUT2D eigenvalue weighted by Crippen LogP contribution is 2.45. The van der Waals surface area contributed by atoms with Crippen molar-refractivity contribution in [2.45, 2.75) is 24.3 Å². The summed E-state index contributed by atoms with van der Waals surface area (Å²) in [5.74, 6) is 0.124. The smallest absolute Gasteiger partial charge is 0.254 e. The zero-order valence-electron chi connectivity index (χ0n) is 14.1. The van der Waals surface area contributed by atoms with Gasteiger partial charge in [0.1, 0.15) is 0 Å². The third-order valence-corrected chi connectivity index (χ3v) is 5.86. The highest BCUT2D eigenvalue weighted by Gasteiger charge is 2.50. The van der Waals surface area contributed by atoms with Crippen LogP contribution in [0.1, 0.15) is 28.8 Å². The molecular formula is C20H23N3O. The van der Waals surface area contributed by atoms with E-state index in [-0.39, 0.29) is 11.3 Å². The van der Waals surface area contributed by atoms with Crippen LogP contribution in [-0.2, 0) is 5.41 Å². The minimum Gasteiger partial charge on any atom is -0.337 e. The second kappa shape index (κ2) is 6.02. The zero-order valence-corrected chi connectivity index (χ0v) is 14.1. The van der Waals surface area contributed by atoms with Gasteiger partial charge in [-0.1, -0.05) is 30.3 Å². The van der Waals surface area contributed by atoms with E-state index in [1.165, 1.54) is 12.0 Å². The molecule has 2 aromatic rings. The number of benzene rings is 1. The van der Waals surface area contributed by atoms with E-state index in [0.717, 1.165) is 31.6 Å². The quantitative estimate of drug-likeness (QED) is 0.853. The number of carbonyl (C=O) groups is 1. The maximum absolute atomic E-state index is 12.8. The van der Waals surface area contributed by atoms with Gasteiger partial charge < -0.3 is 9.80 Å².